The molecular formula is C24H25F3N6O3S. The predicted molar refractivity (Wildman–Crippen MR) is 135 cm³/mol. The third kappa shape index (κ3) is 5.63. The molecule has 2 aromatic carbocycles. The molecule has 0 bridgehead atoms. The summed E-state index contributed by atoms with van der Waals surface area (Å²) in [5.74, 6) is 0.0393. The van der Waals surface area contributed by atoms with Crippen LogP contribution in [-0.2, 0) is 4.74 Å². The van der Waals surface area contributed by atoms with Crippen LogP contribution in [0.4, 0.5) is 24.3 Å². The number of ether oxygens (including phenoxy) is 2. The molecule has 2 N–H and O–H groups in total. The fourth-order valence-corrected chi connectivity index (χ4v) is 5.33. The number of thiazole rings is 1. The predicted octanol–water partition coefficient (Wildman–Crippen LogP) is 4.54. The highest BCUT2D eigenvalue weighted by Gasteiger charge is 2.31. The number of anilines is 2. The number of alkyl halides is 3. The standard InChI is InChI=1S/C24H25F3N6O3S/c1-32-9-7-15(13-32)33-19-6-3-14(21(34)28-8-10-35-2)11-18(19)29-22(33)31-23-30-17-5-4-16(12-20(17)37-23)36-24(25,26)27/h3-6,11-12,15H,7-10,13H2,1-2H3,(H,28,34)(H,29,30,31). The molecule has 1 aliphatic rings. The lowest BCUT2D eigenvalue weighted by atomic mass is 10.1. The zero-order valence-corrected chi connectivity index (χ0v) is 20.9. The van der Waals surface area contributed by atoms with E-state index in [-0.39, 0.29) is 17.7 Å². The topological polar surface area (TPSA) is 93.5 Å². The second kappa shape index (κ2) is 10.1. The SMILES string of the molecule is COCCNC(=O)c1ccc2c(c1)nc(Nc1nc3ccc(OC(F)(F)F)cc3s1)n2C1CCN(C)C1. The lowest BCUT2D eigenvalue weighted by molar-refractivity contribution is -0.274. The van der Waals surface area contributed by atoms with Crippen molar-refractivity contribution in [3.8, 4) is 5.75 Å². The molecule has 1 aliphatic heterocycles. The summed E-state index contributed by atoms with van der Waals surface area (Å²) < 4.78 is 49.5. The number of nitrogens with zero attached hydrogens (tertiary/aromatic N) is 4. The Morgan fingerprint density at radius 3 is 2.76 bits per heavy atom. The Morgan fingerprint density at radius 2 is 2.03 bits per heavy atom. The normalized spacial score (nSPS) is 16.5. The average Bonchev–Trinajstić information content (AvgIpc) is 3.53. The van der Waals surface area contributed by atoms with Crippen LogP contribution in [0, 0.1) is 0 Å². The van der Waals surface area contributed by atoms with Crippen LogP contribution in [0.3, 0.4) is 0 Å². The maximum Gasteiger partial charge on any atom is 0.573 e. The van der Waals surface area contributed by atoms with Crippen molar-refractivity contribution in [1.82, 2.24) is 24.8 Å². The van der Waals surface area contributed by atoms with Crippen molar-refractivity contribution in [2.24, 2.45) is 0 Å². The molecule has 2 aromatic heterocycles. The zero-order chi connectivity index (χ0) is 26.2. The minimum Gasteiger partial charge on any atom is -0.406 e. The Labute approximate surface area is 214 Å². The van der Waals surface area contributed by atoms with E-state index in [1.807, 2.05) is 6.07 Å². The van der Waals surface area contributed by atoms with Gasteiger partial charge in [-0.2, -0.15) is 0 Å². The molecule has 13 heteroatoms. The summed E-state index contributed by atoms with van der Waals surface area (Å²) in [5, 5.41) is 6.56. The summed E-state index contributed by atoms with van der Waals surface area (Å²) in [6, 6.07) is 9.59. The van der Waals surface area contributed by atoms with Crippen LogP contribution in [0.1, 0.15) is 22.8 Å². The summed E-state index contributed by atoms with van der Waals surface area (Å²) in [7, 11) is 3.63. The third-order valence-corrected chi connectivity index (χ3v) is 7.02. The van der Waals surface area contributed by atoms with Gasteiger partial charge in [-0.25, -0.2) is 9.97 Å². The number of aromatic nitrogens is 3. The Hall–Kier alpha value is -3.42. The molecule has 37 heavy (non-hydrogen) atoms. The van der Waals surface area contributed by atoms with Crippen LogP contribution in [0.2, 0.25) is 0 Å². The summed E-state index contributed by atoms with van der Waals surface area (Å²) >= 11 is 1.20. The number of likely N-dealkylation sites (N-methyl/N-ethyl adjacent to an activating group) is 1. The third-order valence-electron chi connectivity index (χ3n) is 6.09. The minimum absolute atomic E-state index is 0.153. The smallest absolute Gasteiger partial charge is 0.406 e. The van der Waals surface area contributed by atoms with E-state index in [9.17, 15) is 18.0 Å². The van der Waals surface area contributed by atoms with Crippen molar-refractivity contribution in [2.45, 2.75) is 18.8 Å². The molecule has 1 amide bonds. The number of nitrogens with one attached hydrogen (secondary N) is 2. The average molecular weight is 535 g/mol. The largest absolute Gasteiger partial charge is 0.573 e. The van der Waals surface area contributed by atoms with Crippen molar-refractivity contribution in [3.05, 3.63) is 42.0 Å². The number of benzene rings is 2. The molecule has 0 saturated carbocycles. The Bertz CT molecular complexity index is 1440. The first-order valence-corrected chi connectivity index (χ1v) is 12.4. The van der Waals surface area contributed by atoms with Crippen molar-refractivity contribution in [2.75, 3.05) is 45.7 Å². The van der Waals surface area contributed by atoms with Gasteiger partial charge in [0.25, 0.3) is 5.91 Å². The van der Waals surface area contributed by atoms with Gasteiger partial charge in [-0.05, 0) is 50.3 Å². The van der Waals surface area contributed by atoms with Crippen LogP contribution in [0.25, 0.3) is 21.3 Å². The molecule has 0 aliphatic carbocycles. The number of carbonyl (C=O) groups is 1. The number of hydrogen-bond acceptors (Lipinski definition) is 8. The van der Waals surface area contributed by atoms with Crippen molar-refractivity contribution < 1.29 is 27.4 Å². The van der Waals surface area contributed by atoms with Crippen LogP contribution in [0.15, 0.2) is 36.4 Å². The first-order valence-electron chi connectivity index (χ1n) is 11.6. The molecule has 1 unspecified atom stereocenters. The Balaban J connectivity index is 1.47. The highest BCUT2D eigenvalue weighted by molar-refractivity contribution is 7.22. The molecule has 3 heterocycles. The monoisotopic (exact) mass is 534 g/mol. The van der Waals surface area contributed by atoms with E-state index in [1.165, 1.54) is 29.5 Å². The molecule has 0 radical (unpaired) electrons. The Morgan fingerprint density at radius 1 is 1.19 bits per heavy atom. The Kier molecular flexibility index (Phi) is 6.92. The van der Waals surface area contributed by atoms with Gasteiger partial charge < -0.3 is 29.6 Å². The van der Waals surface area contributed by atoms with Gasteiger partial charge in [0.05, 0.1) is 33.9 Å². The number of imidazole rings is 1. The van der Waals surface area contributed by atoms with Gasteiger partial charge in [0.15, 0.2) is 5.13 Å². The molecule has 1 atom stereocenters. The highest BCUT2D eigenvalue weighted by Crippen LogP contribution is 2.35. The van der Waals surface area contributed by atoms with Gasteiger partial charge in [-0.1, -0.05) is 11.3 Å². The van der Waals surface area contributed by atoms with E-state index in [0.29, 0.717) is 45.5 Å². The maximum absolute atomic E-state index is 12.6. The van der Waals surface area contributed by atoms with E-state index >= 15 is 0 Å². The first kappa shape index (κ1) is 25.2. The molecule has 196 valence electrons. The summed E-state index contributed by atoms with van der Waals surface area (Å²) in [5.41, 5.74) is 2.55. The number of fused-ring (bicyclic) bond motifs is 2. The molecule has 1 fully saturated rings. The second-order valence-corrected chi connectivity index (χ2v) is 9.81. The first-order chi connectivity index (χ1) is 17.7. The minimum atomic E-state index is -4.77. The highest BCUT2D eigenvalue weighted by atomic mass is 32.1. The fraction of sp³-hybridized carbons (Fsp3) is 0.375. The number of carbonyl (C=O) groups excluding carboxylic acids is 1. The fourth-order valence-electron chi connectivity index (χ4n) is 4.44. The van der Waals surface area contributed by atoms with E-state index in [2.05, 4.69) is 36.9 Å². The second-order valence-electron chi connectivity index (χ2n) is 8.78. The van der Waals surface area contributed by atoms with E-state index in [0.717, 1.165) is 25.0 Å². The van der Waals surface area contributed by atoms with Crippen LogP contribution >= 0.6 is 11.3 Å². The van der Waals surface area contributed by atoms with Gasteiger partial charge in [0.1, 0.15) is 5.75 Å². The van der Waals surface area contributed by atoms with Crippen LogP contribution in [-0.4, -0.2) is 72.1 Å². The van der Waals surface area contributed by atoms with E-state index in [1.54, 1.807) is 19.2 Å². The summed E-state index contributed by atoms with van der Waals surface area (Å²) in [6.45, 7) is 2.58. The lowest BCUT2D eigenvalue weighted by Crippen LogP contribution is -2.26. The van der Waals surface area contributed by atoms with Crippen LogP contribution < -0.4 is 15.4 Å². The molecule has 0 spiro atoms. The molecular weight excluding hydrogens is 509 g/mol. The number of methoxy groups -OCH3 is 1. The van der Waals surface area contributed by atoms with Crippen molar-refractivity contribution in [1.29, 1.82) is 0 Å². The van der Waals surface area contributed by atoms with Gasteiger partial charge in [-0.3, -0.25) is 4.79 Å². The van der Waals surface area contributed by atoms with Crippen LogP contribution in [0.5, 0.6) is 5.75 Å². The van der Waals surface area contributed by atoms with E-state index in [4.69, 9.17) is 9.72 Å². The molecule has 4 aromatic rings. The number of hydrogen-bond donors (Lipinski definition) is 2. The zero-order valence-electron chi connectivity index (χ0n) is 20.1. The molecule has 9 nitrogen and oxygen atoms in total. The molecule has 5 rings (SSSR count). The van der Waals surface area contributed by atoms with Gasteiger partial charge >= 0.3 is 6.36 Å². The van der Waals surface area contributed by atoms with Gasteiger partial charge in [0.2, 0.25) is 5.95 Å². The quantitative estimate of drug-likeness (QED) is 0.321. The summed E-state index contributed by atoms with van der Waals surface area (Å²) in [6.07, 6.45) is -3.84. The number of rotatable bonds is 8. The summed E-state index contributed by atoms with van der Waals surface area (Å²) in [4.78, 5) is 24.1. The van der Waals surface area contributed by atoms with Crippen molar-refractivity contribution in [3.63, 3.8) is 0 Å². The molecule has 1 saturated heterocycles. The van der Waals surface area contributed by atoms with E-state index < -0.39 is 6.36 Å². The van der Waals surface area contributed by atoms with Crippen molar-refractivity contribution >= 4 is 49.6 Å². The lowest BCUT2D eigenvalue weighted by Gasteiger charge is -2.17. The maximum atomic E-state index is 12.6. The van der Waals surface area contributed by atoms with Gasteiger partial charge in [-0.15, -0.1) is 13.2 Å². The number of halogens is 3. The number of likely N-dealkylation sites (tertiary alicyclic amines) is 1. The number of amides is 1. The van der Waals surface area contributed by atoms with Gasteiger partial charge in [0, 0.05) is 31.8 Å².